The minimum atomic E-state index is -0.915. The van der Waals surface area contributed by atoms with Gasteiger partial charge in [0.05, 0.1) is 23.9 Å². The maximum atomic E-state index is 12.0. The molecule has 1 N–H and O–H groups in total. The van der Waals surface area contributed by atoms with E-state index in [4.69, 9.17) is 0 Å². The third-order valence-corrected chi connectivity index (χ3v) is 6.56. The van der Waals surface area contributed by atoms with Gasteiger partial charge in [-0.05, 0) is 60.1 Å². The molecule has 3 nitrogen and oxygen atoms in total. The summed E-state index contributed by atoms with van der Waals surface area (Å²) in [6, 6.07) is 16.4. The van der Waals surface area contributed by atoms with Gasteiger partial charge in [-0.3, -0.25) is 0 Å². The second-order valence-electron chi connectivity index (χ2n) is 8.18. The van der Waals surface area contributed by atoms with E-state index in [0.29, 0.717) is 6.54 Å². The van der Waals surface area contributed by atoms with Crippen molar-refractivity contribution in [2.75, 3.05) is 0 Å². The van der Waals surface area contributed by atoms with E-state index in [-0.39, 0.29) is 5.41 Å². The van der Waals surface area contributed by atoms with Gasteiger partial charge in [-0.1, -0.05) is 60.1 Å². The van der Waals surface area contributed by atoms with Crippen LogP contribution in [0.4, 0.5) is 0 Å². The van der Waals surface area contributed by atoms with Gasteiger partial charge in [0, 0.05) is 4.47 Å². The zero-order valence-corrected chi connectivity index (χ0v) is 17.4. The molecular weight excluding hydrogens is 400 g/mol. The highest BCUT2D eigenvalue weighted by molar-refractivity contribution is 9.10. The Morgan fingerprint density at radius 2 is 1.89 bits per heavy atom. The van der Waals surface area contributed by atoms with Crippen LogP contribution in [-0.2, 0) is 6.54 Å². The quantitative estimate of drug-likeness (QED) is 0.574. The number of fused-ring (bicyclic) bond motifs is 1. The average molecular weight is 425 g/mol. The van der Waals surface area contributed by atoms with Crippen LogP contribution in [0.5, 0.6) is 0 Å². The lowest BCUT2D eigenvalue weighted by Gasteiger charge is -2.48. The molecule has 0 amide bonds. The minimum absolute atomic E-state index is 0.210. The van der Waals surface area contributed by atoms with E-state index in [1.54, 1.807) is 0 Å². The first-order valence-corrected chi connectivity index (χ1v) is 10.3. The summed E-state index contributed by atoms with van der Waals surface area (Å²) >= 11 is 3.49. The first-order chi connectivity index (χ1) is 12.9. The van der Waals surface area contributed by atoms with E-state index < -0.39 is 5.60 Å². The molecule has 1 aliphatic rings. The standard InChI is InChI=1S/C23H25BrN2O/c1-22(2)13-5-6-18(14-17-9-11-19(24)12-10-17)23(22,27)15-26-16-25-20-7-3-4-8-21(20)26/h3-4,7-12,14,16,27H,5-6,13,15H2,1-2H3/b18-14+/t23-/m0/s1. The molecule has 0 saturated heterocycles. The predicted octanol–water partition coefficient (Wildman–Crippen LogP) is 5.82. The molecule has 140 valence electrons. The first-order valence-electron chi connectivity index (χ1n) is 9.48. The van der Waals surface area contributed by atoms with Crippen molar-refractivity contribution in [3.8, 4) is 0 Å². The Kier molecular flexibility index (Phi) is 4.73. The van der Waals surface area contributed by atoms with Crippen LogP contribution in [0, 0.1) is 5.41 Å². The first kappa shape index (κ1) is 18.5. The Labute approximate surface area is 168 Å². The molecule has 0 bridgehead atoms. The Hall–Kier alpha value is -1.91. The van der Waals surface area contributed by atoms with Gasteiger partial charge in [0.25, 0.3) is 0 Å². The van der Waals surface area contributed by atoms with Crippen LogP contribution in [0.1, 0.15) is 38.7 Å². The zero-order valence-electron chi connectivity index (χ0n) is 15.8. The highest BCUT2D eigenvalue weighted by atomic mass is 79.9. The number of nitrogens with zero attached hydrogens (tertiary/aromatic N) is 2. The summed E-state index contributed by atoms with van der Waals surface area (Å²) in [5, 5.41) is 12.0. The van der Waals surface area contributed by atoms with Crippen LogP contribution in [0.15, 0.2) is 64.9 Å². The van der Waals surface area contributed by atoms with Crippen molar-refractivity contribution in [3.05, 3.63) is 70.5 Å². The summed E-state index contributed by atoms with van der Waals surface area (Å²) in [6.45, 7) is 4.88. The number of hydrogen-bond donors (Lipinski definition) is 1. The maximum Gasteiger partial charge on any atom is 0.109 e. The highest BCUT2D eigenvalue weighted by Crippen LogP contribution is 2.48. The van der Waals surface area contributed by atoms with E-state index in [1.165, 1.54) is 0 Å². The predicted molar refractivity (Wildman–Crippen MR) is 114 cm³/mol. The van der Waals surface area contributed by atoms with Crippen molar-refractivity contribution < 1.29 is 5.11 Å². The molecule has 1 fully saturated rings. The van der Waals surface area contributed by atoms with Crippen molar-refractivity contribution in [2.45, 2.75) is 45.3 Å². The number of hydrogen-bond acceptors (Lipinski definition) is 2. The molecule has 4 rings (SSSR count). The van der Waals surface area contributed by atoms with Gasteiger partial charge in [0.15, 0.2) is 0 Å². The number of rotatable bonds is 3. The minimum Gasteiger partial charge on any atom is -0.383 e. The van der Waals surface area contributed by atoms with Crippen molar-refractivity contribution >= 4 is 33.0 Å². The Balaban J connectivity index is 1.77. The van der Waals surface area contributed by atoms with Gasteiger partial charge in [0.1, 0.15) is 5.60 Å². The van der Waals surface area contributed by atoms with Crippen LogP contribution < -0.4 is 0 Å². The van der Waals surface area contributed by atoms with E-state index in [9.17, 15) is 5.11 Å². The molecule has 4 heteroatoms. The number of aliphatic hydroxyl groups is 1. The van der Waals surface area contributed by atoms with Crippen LogP contribution in [0.25, 0.3) is 17.1 Å². The van der Waals surface area contributed by atoms with Crippen LogP contribution >= 0.6 is 15.9 Å². The summed E-state index contributed by atoms with van der Waals surface area (Å²) in [7, 11) is 0. The summed E-state index contributed by atoms with van der Waals surface area (Å²) in [4.78, 5) is 4.51. The molecule has 27 heavy (non-hydrogen) atoms. The van der Waals surface area contributed by atoms with E-state index in [2.05, 4.69) is 63.6 Å². The molecule has 1 atom stereocenters. The zero-order chi connectivity index (χ0) is 19.1. The van der Waals surface area contributed by atoms with Crippen LogP contribution in [-0.4, -0.2) is 20.3 Å². The molecule has 1 heterocycles. The van der Waals surface area contributed by atoms with E-state index >= 15 is 0 Å². The summed E-state index contributed by atoms with van der Waals surface area (Å²) in [5.41, 5.74) is 3.14. The fourth-order valence-corrected chi connectivity index (χ4v) is 4.48. The van der Waals surface area contributed by atoms with Crippen LogP contribution in [0.2, 0.25) is 0 Å². The SMILES string of the molecule is CC1(C)CCC/C(=C\c2ccc(Br)cc2)[C@@]1(O)Cn1cnc2ccccc21. The number of benzene rings is 2. The van der Waals surface area contributed by atoms with Crippen molar-refractivity contribution in [1.29, 1.82) is 0 Å². The third-order valence-electron chi connectivity index (χ3n) is 6.04. The van der Waals surface area contributed by atoms with Gasteiger partial charge in [0.2, 0.25) is 0 Å². The average Bonchev–Trinajstić information content (AvgIpc) is 3.04. The fraction of sp³-hybridized carbons (Fsp3) is 0.348. The van der Waals surface area contributed by atoms with Gasteiger partial charge in [-0.15, -0.1) is 0 Å². The lowest BCUT2D eigenvalue weighted by Crippen LogP contribution is -2.51. The molecule has 1 aliphatic carbocycles. The molecule has 0 spiro atoms. The second kappa shape index (κ2) is 6.92. The topological polar surface area (TPSA) is 38.0 Å². The normalized spacial score (nSPS) is 23.8. The van der Waals surface area contributed by atoms with Gasteiger partial charge in [-0.2, -0.15) is 0 Å². The number of aromatic nitrogens is 2. The lowest BCUT2D eigenvalue weighted by molar-refractivity contribution is -0.0663. The smallest absolute Gasteiger partial charge is 0.109 e. The molecule has 1 aromatic heterocycles. The number of para-hydroxylation sites is 2. The van der Waals surface area contributed by atoms with E-state index in [1.807, 2.05) is 36.7 Å². The molecule has 0 unspecified atom stereocenters. The highest BCUT2D eigenvalue weighted by Gasteiger charge is 2.48. The third kappa shape index (κ3) is 3.37. The summed E-state index contributed by atoms with van der Waals surface area (Å²) in [6.07, 6.45) is 7.05. The Bertz CT molecular complexity index is 987. The monoisotopic (exact) mass is 424 g/mol. The van der Waals surface area contributed by atoms with Gasteiger partial charge >= 0.3 is 0 Å². The lowest BCUT2D eigenvalue weighted by atomic mass is 9.62. The fourth-order valence-electron chi connectivity index (χ4n) is 4.22. The van der Waals surface area contributed by atoms with Crippen molar-refractivity contribution in [2.24, 2.45) is 5.41 Å². The molecule has 0 radical (unpaired) electrons. The second-order valence-corrected chi connectivity index (χ2v) is 9.10. The molecule has 3 aromatic rings. The Morgan fingerprint density at radius 1 is 1.15 bits per heavy atom. The Morgan fingerprint density at radius 3 is 2.67 bits per heavy atom. The molecule has 1 saturated carbocycles. The molecular formula is C23H25BrN2O. The van der Waals surface area contributed by atoms with Crippen molar-refractivity contribution in [1.82, 2.24) is 9.55 Å². The van der Waals surface area contributed by atoms with Gasteiger partial charge in [-0.25, -0.2) is 4.98 Å². The largest absolute Gasteiger partial charge is 0.383 e. The number of halogens is 1. The number of imidazole rings is 1. The molecule has 2 aromatic carbocycles. The van der Waals surface area contributed by atoms with E-state index in [0.717, 1.165) is 45.9 Å². The molecule has 0 aliphatic heterocycles. The van der Waals surface area contributed by atoms with Crippen LogP contribution in [0.3, 0.4) is 0 Å². The summed E-state index contributed by atoms with van der Waals surface area (Å²) < 4.78 is 3.16. The van der Waals surface area contributed by atoms with Gasteiger partial charge < -0.3 is 9.67 Å². The maximum absolute atomic E-state index is 12.0. The summed E-state index contributed by atoms with van der Waals surface area (Å²) in [5.74, 6) is 0. The van der Waals surface area contributed by atoms with Crippen molar-refractivity contribution in [3.63, 3.8) is 0 Å².